The van der Waals surface area contributed by atoms with Crippen LogP contribution >= 0.6 is 11.3 Å². The number of hydrogen-bond donors (Lipinski definition) is 2. The van der Waals surface area contributed by atoms with Gasteiger partial charge in [0.25, 0.3) is 5.91 Å². The Balaban J connectivity index is 2.00. The van der Waals surface area contributed by atoms with Crippen molar-refractivity contribution in [2.24, 2.45) is 0 Å². The molecule has 2 amide bonds. The summed E-state index contributed by atoms with van der Waals surface area (Å²) in [6, 6.07) is 3.87. The summed E-state index contributed by atoms with van der Waals surface area (Å²) in [7, 11) is 1.58. The van der Waals surface area contributed by atoms with Gasteiger partial charge < -0.3 is 16.0 Å². The van der Waals surface area contributed by atoms with Gasteiger partial charge in [0.15, 0.2) is 0 Å². The number of likely N-dealkylation sites (tertiary alicyclic amines) is 1. The number of nitrogen functional groups attached to an aromatic ring is 1. The molecule has 2 aromatic rings. The molecule has 2 aromatic heterocycles. The van der Waals surface area contributed by atoms with Crippen LogP contribution in [-0.4, -0.2) is 35.3 Å². The number of hydrogen-bond acceptors (Lipinski definition) is 5. The lowest BCUT2D eigenvalue weighted by molar-refractivity contribution is -0.134. The third-order valence-electron chi connectivity index (χ3n) is 4.52. The first kappa shape index (κ1) is 16.7. The summed E-state index contributed by atoms with van der Waals surface area (Å²) in [5.74, 6) is -0.0316. The maximum absolute atomic E-state index is 12.2. The monoisotopic (exact) mass is 346 g/mol. The highest BCUT2D eigenvalue weighted by molar-refractivity contribution is 7.21. The van der Waals surface area contributed by atoms with Crippen molar-refractivity contribution in [2.45, 2.75) is 38.6 Å². The largest absolute Gasteiger partial charge is 0.397 e. The van der Waals surface area contributed by atoms with Gasteiger partial charge in [0.2, 0.25) is 5.91 Å². The molecule has 0 spiro atoms. The molecule has 3 heterocycles. The first-order valence-electron chi connectivity index (χ1n) is 8.27. The third kappa shape index (κ3) is 2.84. The van der Waals surface area contributed by atoms with Gasteiger partial charge >= 0.3 is 0 Å². The fraction of sp³-hybridized carbons (Fsp3) is 0.471. The summed E-state index contributed by atoms with van der Waals surface area (Å²) in [6.45, 7) is 2.67. The zero-order valence-electron chi connectivity index (χ0n) is 14.0. The number of thiophene rings is 1. The molecule has 0 radical (unpaired) electrons. The fourth-order valence-corrected chi connectivity index (χ4v) is 4.27. The van der Waals surface area contributed by atoms with E-state index in [-0.39, 0.29) is 17.9 Å². The highest BCUT2D eigenvalue weighted by Gasteiger charge is 2.28. The van der Waals surface area contributed by atoms with Crippen LogP contribution in [0.5, 0.6) is 0 Å². The molecule has 0 aliphatic carbocycles. The van der Waals surface area contributed by atoms with Gasteiger partial charge in [0, 0.05) is 25.4 Å². The topological polar surface area (TPSA) is 88.3 Å². The minimum Gasteiger partial charge on any atom is -0.397 e. The van der Waals surface area contributed by atoms with E-state index in [1.165, 1.54) is 11.3 Å². The van der Waals surface area contributed by atoms with Gasteiger partial charge in [-0.1, -0.05) is 6.92 Å². The molecule has 24 heavy (non-hydrogen) atoms. The quantitative estimate of drug-likeness (QED) is 0.894. The van der Waals surface area contributed by atoms with Gasteiger partial charge in [0.1, 0.15) is 9.71 Å². The Morgan fingerprint density at radius 3 is 2.92 bits per heavy atom. The van der Waals surface area contributed by atoms with Gasteiger partial charge in [0.05, 0.1) is 17.4 Å². The number of amides is 2. The molecule has 1 fully saturated rings. The molecule has 1 aliphatic heterocycles. The van der Waals surface area contributed by atoms with Gasteiger partial charge in [-0.05, 0) is 31.4 Å². The molecule has 3 rings (SSSR count). The van der Waals surface area contributed by atoms with Gasteiger partial charge in [-0.2, -0.15) is 0 Å². The number of nitrogens with zero attached hydrogens (tertiary/aromatic N) is 2. The van der Waals surface area contributed by atoms with Gasteiger partial charge in [-0.25, -0.2) is 4.98 Å². The maximum Gasteiger partial charge on any atom is 0.263 e. The zero-order valence-corrected chi connectivity index (χ0v) is 14.8. The highest BCUT2D eigenvalue weighted by Crippen LogP contribution is 2.36. The minimum atomic E-state index is -0.197. The first-order chi connectivity index (χ1) is 11.6. The van der Waals surface area contributed by atoms with Crippen molar-refractivity contribution in [2.75, 3.05) is 19.3 Å². The van der Waals surface area contributed by atoms with Crippen molar-refractivity contribution in [1.29, 1.82) is 0 Å². The van der Waals surface area contributed by atoms with Crippen molar-refractivity contribution in [3.05, 3.63) is 22.7 Å². The predicted molar refractivity (Wildman–Crippen MR) is 96.0 cm³/mol. The van der Waals surface area contributed by atoms with Crippen LogP contribution in [0.3, 0.4) is 0 Å². The van der Waals surface area contributed by atoms with E-state index in [0.29, 0.717) is 17.0 Å². The third-order valence-corrected chi connectivity index (χ3v) is 5.63. The smallest absolute Gasteiger partial charge is 0.263 e. The fourth-order valence-electron chi connectivity index (χ4n) is 3.22. The number of nitrogens with two attached hydrogens (primary N) is 1. The molecule has 3 N–H and O–H groups in total. The number of piperidine rings is 1. The average Bonchev–Trinajstić information content (AvgIpc) is 2.96. The number of pyridine rings is 1. The molecular formula is C17H22N4O2S. The number of anilines is 1. The van der Waals surface area contributed by atoms with Crippen LogP contribution in [0.15, 0.2) is 12.1 Å². The van der Waals surface area contributed by atoms with Crippen LogP contribution in [-0.2, 0) is 4.79 Å². The van der Waals surface area contributed by atoms with E-state index in [9.17, 15) is 9.59 Å². The van der Waals surface area contributed by atoms with Crippen molar-refractivity contribution in [3.8, 4) is 0 Å². The number of carbonyl (C=O) groups is 2. The van der Waals surface area contributed by atoms with Crippen molar-refractivity contribution in [1.82, 2.24) is 15.2 Å². The summed E-state index contributed by atoms with van der Waals surface area (Å²) in [5.41, 5.74) is 7.44. The molecule has 6 nitrogen and oxygen atoms in total. The molecule has 0 saturated carbocycles. The highest BCUT2D eigenvalue weighted by atomic mass is 32.1. The Bertz CT molecular complexity index is 786. The number of fused-ring (bicyclic) bond motifs is 1. The maximum atomic E-state index is 12.2. The Kier molecular flexibility index (Phi) is 4.71. The van der Waals surface area contributed by atoms with Crippen LogP contribution in [0.4, 0.5) is 5.69 Å². The van der Waals surface area contributed by atoms with Crippen LogP contribution in [0, 0.1) is 0 Å². The summed E-state index contributed by atoms with van der Waals surface area (Å²) in [6.07, 6.45) is 3.56. The summed E-state index contributed by atoms with van der Waals surface area (Å²) >= 11 is 1.30. The Hall–Kier alpha value is -2.15. The molecule has 1 aliphatic rings. The molecule has 0 aromatic carbocycles. The Labute approximate surface area is 145 Å². The molecular weight excluding hydrogens is 324 g/mol. The van der Waals surface area contributed by atoms with Crippen molar-refractivity contribution in [3.63, 3.8) is 0 Å². The normalized spacial score (nSPS) is 17.9. The van der Waals surface area contributed by atoms with E-state index in [1.54, 1.807) is 7.05 Å². The van der Waals surface area contributed by atoms with Crippen LogP contribution < -0.4 is 11.1 Å². The first-order valence-corrected chi connectivity index (χ1v) is 9.09. The second kappa shape index (κ2) is 6.76. The lowest BCUT2D eigenvalue weighted by Gasteiger charge is -2.35. The second-order valence-corrected chi connectivity index (χ2v) is 6.96. The van der Waals surface area contributed by atoms with E-state index in [1.807, 2.05) is 24.0 Å². The van der Waals surface area contributed by atoms with Crippen LogP contribution in [0.1, 0.15) is 54.0 Å². The lowest BCUT2D eigenvalue weighted by atomic mass is 9.98. The summed E-state index contributed by atoms with van der Waals surface area (Å²) < 4.78 is 0. The van der Waals surface area contributed by atoms with E-state index in [2.05, 4.69) is 5.32 Å². The summed E-state index contributed by atoms with van der Waals surface area (Å²) in [4.78, 5) is 32.0. The van der Waals surface area contributed by atoms with Gasteiger partial charge in [-0.15, -0.1) is 11.3 Å². The molecule has 7 heteroatoms. The zero-order chi connectivity index (χ0) is 17.3. The molecule has 1 unspecified atom stereocenters. The Morgan fingerprint density at radius 1 is 1.42 bits per heavy atom. The average molecular weight is 346 g/mol. The van der Waals surface area contributed by atoms with Crippen molar-refractivity contribution < 1.29 is 9.59 Å². The number of nitrogens with one attached hydrogen (secondary N) is 1. The van der Waals surface area contributed by atoms with Crippen molar-refractivity contribution >= 4 is 39.1 Å². The molecule has 128 valence electrons. The van der Waals surface area contributed by atoms with E-state index in [0.717, 1.165) is 41.7 Å². The van der Waals surface area contributed by atoms with Gasteiger partial charge in [-0.3, -0.25) is 9.59 Å². The molecule has 0 bridgehead atoms. The standard InChI is InChI=1S/C17H22N4O2S/c1-3-13(22)21-9-5-4-6-12(21)11-8-7-10-14(18)15(16(23)19-2)24-17(10)20-11/h7-8,12H,3-6,9,18H2,1-2H3,(H,19,23). The lowest BCUT2D eigenvalue weighted by Crippen LogP contribution is -2.38. The second-order valence-electron chi connectivity index (χ2n) is 5.97. The van der Waals surface area contributed by atoms with E-state index < -0.39 is 0 Å². The SMILES string of the molecule is CCC(=O)N1CCCCC1c1ccc2c(N)c(C(=O)NC)sc2n1. The van der Waals surface area contributed by atoms with E-state index in [4.69, 9.17) is 10.7 Å². The number of rotatable bonds is 3. The summed E-state index contributed by atoms with van der Waals surface area (Å²) in [5, 5.41) is 3.40. The predicted octanol–water partition coefficient (Wildman–Crippen LogP) is 2.70. The number of carbonyl (C=O) groups excluding carboxylic acids is 2. The molecule has 1 atom stereocenters. The number of aromatic nitrogens is 1. The van der Waals surface area contributed by atoms with Crippen LogP contribution in [0.2, 0.25) is 0 Å². The minimum absolute atomic E-state index is 0.0161. The van der Waals surface area contributed by atoms with Crippen LogP contribution in [0.25, 0.3) is 10.2 Å². The Morgan fingerprint density at radius 2 is 2.21 bits per heavy atom. The molecule has 1 saturated heterocycles. The van der Waals surface area contributed by atoms with E-state index >= 15 is 0 Å².